The summed E-state index contributed by atoms with van der Waals surface area (Å²) in [5.41, 5.74) is -0.0231. The van der Waals surface area contributed by atoms with Crippen molar-refractivity contribution in [2.45, 2.75) is 18.8 Å². The average Bonchev–Trinajstić information content (AvgIpc) is 2.49. The second kappa shape index (κ2) is 6.07. The van der Waals surface area contributed by atoms with Gasteiger partial charge in [-0.3, -0.25) is 4.79 Å². The van der Waals surface area contributed by atoms with Crippen molar-refractivity contribution in [2.75, 3.05) is 0 Å². The van der Waals surface area contributed by atoms with Crippen molar-refractivity contribution < 1.29 is 9.18 Å². The van der Waals surface area contributed by atoms with E-state index in [0.717, 1.165) is 0 Å². The molecule has 0 N–H and O–H groups in total. The second-order valence-corrected chi connectivity index (χ2v) is 5.27. The van der Waals surface area contributed by atoms with E-state index >= 15 is 0 Å². The molecule has 0 fully saturated rings. The molecule has 0 aromatic heterocycles. The molecular formula is C17H13ClFNO. The quantitative estimate of drug-likeness (QED) is 0.854. The monoisotopic (exact) mass is 301 g/mol. The van der Waals surface area contributed by atoms with Crippen LogP contribution in [0.1, 0.15) is 18.1 Å². The van der Waals surface area contributed by atoms with Gasteiger partial charge in [0.25, 0.3) is 0 Å². The molecule has 2 aromatic rings. The van der Waals surface area contributed by atoms with Crippen molar-refractivity contribution in [3.8, 4) is 6.07 Å². The lowest BCUT2D eigenvalue weighted by molar-refractivity contribution is -0.120. The smallest absolute Gasteiger partial charge is 0.154 e. The van der Waals surface area contributed by atoms with Crippen LogP contribution in [0.25, 0.3) is 0 Å². The zero-order chi connectivity index (χ0) is 15.5. The van der Waals surface area contributed by atoms with E-state index in [9.17, 15) is 14.4 Å². The lowest BCUT2D eigenvalue weighted by atomic mass is 9.74. The standard InChI is InChI=1S/C17H13ClFNO/c1-12(21)17(11-20,14-5-3-2-4-6-14)10-13-7-8-16(19)15(18)9-13/h2-9H,10H2,1H3. The van der Waals surface area contributed by atoms with Gasteiger partial charge in [0.05, 0.1) is 11.1 Å². The minimum atomic E-state index is -1.29. The SMILES string of the molecule is CC(=O)C(C#N)(Cc1ccc(F)c(Cl)c1)c1ccccc1. The van der Waals surface area contributed by atoms with E-state index in [4.69, 9.17) is 11.6 Å². The number of rotatable bonds is 4. The fourth-order valence-corrected chi connectivity index (χ4v) is 2.49. The molecule has 0 saturated heterocycles. The van der Waals surface area contributed by atoms with Crippen LogP contribution >= 0.6 is 11.6 Å². The third kappa shape index (κ3) is 2.96. The van der Waals surface area contributed by atoms with E-state index in [1.165, 1.54) is 19.1 Å². The number of benzene rings is 2. The van der Waals surface area contributed by atoms with Gasteiger partial charge in [-0.15, -0.1) is 0 Å². The molecule has 2 rings (SSSR count). The first-order valence-corrected chi connectivity index (χ1v) is 6.79. The van der Waals surface area contributed by atoms with Crippen LogP contribution in [0.5, 0.6) is 0 Å². The molecule has 1 unspecified atom stereocenters. The summed E-state index contributed by atoms with van der Waals surface area (Å²) in [5.74, 6) is -0.776. The molecule has 0 bridgehead atoms. The molecule has 4 heteroatoms. The highest BCUT2D eigenvalue weighted by atomic mass is 35.5. The highest BCUT2D eigenvalue weighted by Crippen LogP contribution is 2.30. The van der Waals surface area contributed by atoms with Crippen LogP contribution < -0.4 is 0 Å². The molecule has 0 spiro atoms. The van der Waals surface area contributed by atoms with E-state index in [1.54, 1.807) is 30.3 Å². The Balaban J connectivity index is 2.49. The van der Waals surface area contributed by atoms with Gasteiger partial charge >= 0.3 is 0 Å². The van der Waals surface area contributed by atoms with E-state index in [1.807, 2.05) is 6.07 Å². The molecule has 0 heterocycles. The van der Waals surface area contributed by atoms with Gasteiger partial charge in [0, 0.05) is 6.42 Å². The molecular weight excluding hydrogens is 289 g/mol. The molecule has 0 amide bonds. The van der Waals surface area contributed by atoms with Crippen LogP contribution in [0.2, 0.25) is 5.02 Å². The predicted molar refractivity (Wildman–Crippen MR) is 79.5 cm³/mol. The number of ketones is 1. The zero-order valence-electron chi connectivity index (χ0n) is 11.4. The normalized spacial score (nSPS) is 13.2. The van der Waals surface area contributed by atoms with Crippen molar-refractivity contribution in [1.29, 1.82) is 5.26 Å². The van der Waals surface area contributed by atoms with Crippen LogP contribution in [0.4, 0.5) is 4.39 Å². The van der Waals surface area contributed by atoms with Gasteiger partial charge in [0.2, 0.25) is 0 Å². The largest absolute Gasteiger partial charge is 0.298 e. The fourth-order valence-electron chi connectivity index (χ4n) is 2.29. The number of Topliss-reactive ketones (excluding diaryl/α,β-unsaturated/α-hetero) is 1. The molecule has 106 valence electrons. The maximum absolute atomic E-state index is 13.2. The molecule has 2 nitrogen and oxygen atoms in total. The Labute approximate surface area is 127 Å². The Morgan fingerprint density at radius 1 is 1.29 bits per heavy atom. The van der Waals surface area contributed by atoms with Crippen LogP contribution in [-0.2, 0) is 16.6 Å². The number of hydrogen-bond donors (Lipinski definition) is 0. The van der Waals surface area contributed by atoms with Gasteiger partial charge in [-0.2, -0.15) is 5.26 Å². The van der Waals surface area contributed by atoms with Crippen molar-refractivity contribution in [2.24, 2.45) is 0 Å². The molecule has 21 heavy (non-hydrogen) atoms. The fraction of sp³-hybridized carbons (Fsp3) is 0.176. The Morgan fingerprint density at radius 2 is 1.95 bits per heavy atom. The summed E-state index contributed by atoms with van der Waals surface area (Å²) in [4.78, 5) is 12.1. The molecule has 0 aliphatic rings. The number of nitrogens with zero attached hydrogens (tertiary/aromatic N) is 1. The summed E-state index contributed by atoms with van der Waals surface area (Å²) in [5, 5.41) is 9.59. The topological polar surface area (TPSA) is 40.9 Å². The number of carbonyl (C=O) groups excluding carboxylic acids is 1. The Kier molecular flexibility index (Phi) is 4.40. The predicted octanol–water partition coefficient (Wildman–Crippen LogP) is 4.07. The highest BCUT2D eigenvalue weighted by Gasteiger charge is 2.37. The number of nitriles is 1. The second-order valence-electron chi connectivity index (χ2n) is 4.86. The molecule has 0 radical (unpaired) electrons. The van der Waals surface area contributed by atoms with Gasteiger partial charge in [0.15, 0.2) is 5.78 Å². The molecule has 0 saturated carbocycles. The number of carbonyl (C=O) groups is 1. The maximum atomic E-state index is 13.2. The lowest BCUT2D eigenvalue weighted by Crippen LogP contribution is -2.35. The van der Waals surface area contributed by atoms with Gasteiger partial charge in [-0.25, -0.2) is 4.39 Å². The minimum absolute atomic E-state index is 0.0176. The first-order chi connectivity index (χ1) is 9.99. The lowest BCUT2D eigenvalue weighted by Gasteiger charge is -2.24. The van der Waals surface area contributed by atoms with Gasteiger partial charge < -0.3 is 0 Å². The van der Waals surface area contributed by atoms with Gasteiger partial charge in [0.1, 0.15) is 11.2 Å². The molecule has 1 atom stereocenters. The Bertz CT molecular complexity index is 708. The Morgan fingerprint density at radius 3 is 2.48 bits per heavy atom. The number of halogens is 2. The zero-order valence-corrected chi connectivity index (χ0v) is 12.2. The maximum Gasteiger partial charge on any atom is 0.154 e. The number of hydrogen-bond acceptors (Lipinski definition) is 2. The van der Waals surface area contributed by atoms with Crippen LogP contribution in [0.3, 0.4) is 0 Å². The van der Waals surface area contributed by atoms with E-state index < -0.39 is 11.2 Å². The van der Waals surface area contributed by atoms with Crippen molar-refractivity contribution >= 4 is 17.4 Å². The average molecular weight is 302 g/mol. The van der Waals surface area contributed by atoms with E-state index in [-0.39, 0.29) is 17.2 Å². The molecule has 0 aliphatic heterocycles. The first kappa shape index (κ1) is 15.2. The minimum Gasteiger partial charge on any atom is -0.298 e. The van der Waals surface area contributed by atoms with Crippen molar-refractivity contribution in [3.63, 3.8) is 0 Å². The highest BCUT2D eigenvalue weighted by molar-refractivity contribution is 6.30. The van der Waals surface area contributed by atoms with Crippen LogP contribution in [0, 0.1) is 17.1 Å². The third-order valence-corrected chi connectivity index (χ3v) is 3.80. The summed E-state index contributed by atoms with van der Waals surface area (Å²) >= 11 is 5.77. The first-order valence-electron chi connectivity index (χ1n) is 6.41. The van der Waals surface area contributed by atoms with Crippen molar-refractivity contribution in [1.82, 2.24) is 0 Å². The third-order valence-electron chi connectivity index (χ3n) is 3.51. The summed E-state index contributed by atoms with van der Waals surface area (Å²) < 4.78 is 13.2. The summed E-state index contributed by atoms with van der Waals surface area (Å²) in [6.45, 7) is 1.39. The van der Waals surface area contributed by atoms with Gasteiger partial charge in [-0.05, 0) is 30.2 Å². The van der Waals surface area contributed by atoms with E-state index in [2.05, 4.69) is 6.07 Å². The summed E-state index contributed by atoms with van der Waals surface area (Å²) in [6.07, 6.45) is 0.156. The summed E-state index contributed by atoms with van der Waals surface area (Å²) in [6, 6.07) is 15.2. The van der Waals surface area contributed by atoms with Crippen molar-refractivity contribution in [3.05, 3.63) is 70.5 Å². The van der Waals surface area contributed by atoms with E-state index in [0.29, 0.717) is 11.1 Å². The van der Waals surface area contributed by atoms with Crippen LogP contribution in [0.15, 0.2) is 48.5 Å². The molecule has 2 aromatic carbocycles. The van der Waals surface area contributed by atoms with Crippen LogP contribution in [-0.4, -0.2) is 5.78 Å². The molecule has 0 aliphatic carbocycles. The Hall–Kier alpha value is -2.18. The summed E-state index contributed by atoms with van der Waals surface area (Å²) in [7, 11) is 0. The van der Waals surface area contributed by atoms with Gasteiger partial charge in [-0.1, -0.05) is 48.0 Å².